The van der Waals surface area contributed by atoms with E-state index in [1.165, 1.54) is 0 Å². The minimum atomic E-state index is -1.92. The molecule has 2 N–H and O–H groups in total. The summed E-state index contributed by atoms with van der Waals surface area (Å²) in [5, 5.41) is 14.5. The van der Waals surface area contributed by atoms with Crippen molar-refractivity contribution in [2.24, 2.45) is 0 Å². The number of carbonyl (C=O) groups excluding carboxylic acids is 2. The van der Waals surface area contributed by atoms with E-state index in [1.807, 2.05) is 31.2 Å². The molecule has 2 amide bonds. The first-order valence-electron chi connectivity index (χ1n) is 13.8. The Hall–Kier alpha value is -1.47. The van der Waals surface area contributed by atoms with Crippen molar-refractivity contribution in [2.45, 2.75) is 89.8 Å². The number of rotatable bonds is 14. The van der Waals surface area contributed by atoms with Gasteiger partial charge in [0.15, 0.2) is 8.32 Å². The molecule has 0 radical (unpaired) electrons. The summed E-state index contributed by atoms with van der Waals surface area (Å²) in [5.41, 5.74) is 0.485. The minimum absolute atomic E-state index is 0.0598. The fourth-order valence-electron chi connectivity index (χ4n) is 4.12. The molecule has 0 spiro atoms. The first kappa shape index (κ1) is 33.7. The number of nitrogens with one attached hydrogen (secondary N) is 1. The number of aliphatic hydroxyl groups excluding tert-OH is 1. The van der Waals surface area contributed by atoms with Crippen LogP contribution in [0, 0.1) is 3.57 Å². The summed E-state index contributed by atoms with van der Waals surface area (Å²) in [6.45, 7) is 14.4. The predicted molar refractivity (Wildman–Crippen MR) is 165 cm³/mol. The summed E-state index contributed by atoms with van der Waals surface area (Å²) in [7, 11) is -0.340. The van der Waals surface area contributed by atoms with E-state index in [-0.39, 0.29) is 23.3 Å². The number of amides is 2. The van der Waals surface area contributed by atoms with Crippen LogP contribution in [0.5, 0.6) is 5.75 Å². The van der Waals surface area contributed by atoms with Crippen LogP contribution in [0.1, 0.15) is 53.4 Å². The van der Waals surface area contributed by atoms with Crippen molar-refractivity contribution in [3.05, 3.63) is 39.5 Å². The number of methoxy groups -OCH3 is 1. The average molecular weight is 675 g/mol. The topological polar surface area (TPSA) is 97.3 Å². The zero-order valence-electron chi connectivity index (χ0n) is 24.6. The fourth-order valence-corrected chi connectivity index (χ4v) is 5.68. The zero-order chi connectivity index (χ0) is 29.2. The van der Waals surface area contributed by atoms with Crippen molar-refractivity contribution in [3.63, 3.8) is 0 Å². The van der Waals surface area contributed by atoms with Gasteiger partial charge in [0.2, 0.25) is 11.8 Å². The summed E-state index contributed by atoms with van der Waals surface area (Å²) in [6, 6.07) is 6.91. The van der Waals surface area contributed by atoms with Crippen molar-refractivity contribution >= 4 is 42.7 Å². The van der Waals surface area contributed by atoms with Crippen molar-refractivity contribution in [1.29, 1.82) is 0 Å². The lowest BCUT2D eigenvalue weighted by atomic mass is 9.88. The standard InChI is InChI=1S/C29H47IN2O6Si/c1-8-9-14-26(33)32(16-18-36-5)23-19-21(28(35)31-15-17-37-39(6,7)29(2,3)4)20-25(27(23)34)38-24-13-11-10-12-22(24)30/h10-13,20,23,25,27,34H,8-9,14-19H2,1-7H3,(H,31,35)/t23-,25+,27+/m1/s1. The van der Waals surface area contributed by atoms with Crippen LogP contribution in [0.15, 0.2) is 35.9 Å². The molecule has 10 heteroatoms. The van der Waals surface area contributed by atoms with Crippen molar-refractivity contribution in [3.8, 4) is 5.75 Å². The lowest BCUT2D eigenvalue weighted by molar-refractivity contribution is -0.139. The molecule has 0 fully saturated rings. The van der Waals surface area contributed by atoms with E-state index in [9.17, 15) is 14.7 Å². The quantitative estimate of drug-likeness (QED) is 0.166. The highest BCUT2D eigenvalue weighted by molar-refractivity contribution is 14.1. The van der Waals surface area contributed by atoms with Gasteiger partial charge in [-0.2, -0.15) is 0 Å². The third-order valence-electron chi connectivity index (χ3n) is 7.57. The number of unbranched alkanes of at least 4 members (excludes halogenated alkanes) is 1. The maximum absolute atomic E-state index is 13.3. The second-order valence-corrected chi connectivity index (χ2v) is 17.5. The number of hydrogen-bond acceptors (Lipinski definition) is 6. The summed E-state index contributed by atoms with van der Waals surface area (Å²) in [5.74, 6) is 0.313. The number of carbonyl (C=O) groups is 2. The van der Waals surface area contributed by atoms with Crippen LogP contribution in [0.3, 0.4) is 0 Å². The maximum Gasteiger partial charge on any atom is 0.247 e. The molecule has 0 bridgehead atoms. The molecule has 0 heterocycles. The lowest BCUT2D eigenvalue weighted by Crippen LogP contribution is -2.55. The number of hydrogen-bond donors (Lipinski definition) is 2. The Kier molecular flexibility index (Phi) is 13.4. The molecule has 2 rings (SSSR count). The Morgan fingerprint density at radius 2 is 1.90 bits per heavy atom. The fraction of sp³-hybridized carbons (Fsp3) is 0.655. The lowest BCUT2D eigenvalue weighted by Gasteiger charge is -2.40. The maximum atomic E-state index is 13.3. The summed E-state index contributed by atoms with van der Waals surface area (Å²) < 4.78 is 18.6. The van der Waals surface area contributed by atoms with Gasteiger partial charge >= 0.3 is 0 Å². The normalized spacial score (nSPS) is 19.8. The van der Waals surface area contributed by atoms with E-state index >= 15 is 0 Å². The smallest absolute Gasteiger partial charge is 0.247 e. The molecule has 220 valence electrons. The number of nitrogens with zero attached hydrogens (tertiary/aromatic N) is 1. The molecule has 8 nitrogen and oxygen atoms in total. The molecule has 1 aromatic rings. The largest absolute Gasteiger partial charge is 0.482 e. The minimum Gasteiger partial charge on any atom is -0.482 e. The Balaban J connectivity index is 2.27. The van der Waals surface area contributed by atoms with Crippen LogP contribution < -0.4 is 10.1 Å². The highest BCUT2D eigenvalue weighted by atomic mass is 127. The molecule has 0 saturated heterocycles. The van der Waals surface area contributed by atoms with Gasteiger partial charge in [0, 0.05) is 38.6 Å². The highest BCUT2D eigenvalue weighted by Gasteiger charge is 2.40. The van der Waals surface area contributed by atoms with E-state index in [0.717, 1.165) is 16.4 Å². The third kappa shape index (κ3) is 9.84. The molecule has 1 aliphatic rings. The van der Waals surface area contributed by atoms with E-state index in [4.69, 9.17) is 13.9 Å². The van der Waals surface area contributed by atoms with Crippen molar-refractivity contribution in [2.75, 3.05) is 33.4 Å². The van der Waals surface area contributed by atoms with Crippen LogP contribution in [-0.4, -0.2) is 81.8 Å². The van der Waals surface area contributed by atoms with Gasteiger partial charge in [-0.1, -0.05) is 46.2 Å². The van der Waals surface area contributed by atoms with Gasteiger partial charge in [-0.15, -0.1) is 0 Å². The first-order valence-corrected chi connectivity index (χ1v) is 17.8. The van der Waals surface area contributed by atoms with Gasteiger partial charge in [-0.25, -0.2) is 0 Å². The number of benzene rings is 1. The van der Waals surface area contributed by atoms with E-state index < -0.39 is 26.6 Å². The van der Waals surface area contributed by atoms with Crippen molar-refractivity contribution < 1.29 is 28.6 Å². The molecule has 0 unspecified atom stereocenters. The molecule has 0 aromatic heterocycles. The highest BCUT2D eigenvalue weighted by Crippen LogP contribution is 2.36. The summed E-state index contributed by atoms with van der Waals surface area (Å²) >= 11 is 2.18. The van der Waals surface area contributed by atoms with E-state index in [2.05, 4.69) is 61.8 Å². The molecule has 1 aromatic carbocycles. The predicted octanol–water partition coefficient (Wildman–Crippen LogP) is 4.90. The van der Waals surface area contributed by atoms with Gasteiger partial charge < -0.3 is 29.2 Å². The second-order valence-electron chi connectivity index (χ2n) is 11.5. The van der Waals surface area contributed by atoms with Crippen molar-refractivity contribution in [1.82, 2.24) is 10.2 Å². The third-order valence-corrected chi connectivity index (χ3v) is 13.0. The molecule has 1 aliphatic carbocycles. The number of ether oxygens (including phenoxy) is 2. The van der Waals surface area contributed by atoms with Crippen LogP contribution in [0.2, 0.25) is 18.1 Å². The van der Waals surface area contributed by atoms with E-state index in [1.54, 1.807) is 18.1 Å². The Morgan fingerprint density at radius 3 is 2.51 bits per heavy atom. The van der Waals surface area contributed by atoms with Gasteiger partial charge in [-0.05, 0) is 65.4 Å². The van der Waals surface area contributed by atoms with Gasteiger partial charge in [0.1, 0.15) is 18.0 Å². The van der Waals surface area contributed by atoms with Crippen LogP contribution in [-0.2, 0) is 18.8 Å². The molecular formula is C29H47IN2O6Si. The number of aliphatic hydroxyl groups is 1. The average Bonchev–Trinajstić information content (AvgIpc) is 2.87. The number of halogens is 1. The number of para-hydroxylation sites is 1. The van der Waals surface area contributed by atoms with Gasteiger partial charge in [-0.3, -0.25) is 9.59 Å². The molecule has 3 atom stereocenters. The molecule has 0 saturated carbocycles. The molecule has 39 heavy (non-hydrogen) atoms. The summed E-state index contributed by atoms with van der Waals surface area (Å²) in [6.07, 6.45) is 2.13. The second kappa shape index (κ2) is 15.5. The van der Waals surface area contributed by atoms with Gasteiger partial charge in [0.25, 0.3) is 0 Å². The Labute approximate surface area is 249 Å². The van der Waals surface area contributed by atoms with Crippen LogP contribution in [0.4, 0.5) is 0 Å². The van der Waals surface area contributed by atoms with Crippen LogP contribution >= 0.6 is 22.6 Å². The van der Waals surface area contributed by atoms with Gasteiger partial charge in [0.05, 0.1) is 22.8 Å². The zero-order valence-corrected chi connectivity index (χ0v) is 27.7. The SMILES string of the molecule is CCCCC(=O)N(CCOC)[C@@H]1CC(C(=O)NCCO[Si](C)(C)C(C)(C)C)=C[C@H](Oc2ccccc2I)[C@H]1O. The molecular weight excluding hydrogens is 627 g/mol. The van der Waals surface area contributed by atoms with Crippen LogP contribution in [0.25, 0.3) is 0 Å². The summed E-state index contributed by atoms with van der Waals surface area (Å²) in [4.78, 5) is 28.2. The first-order chi connectivity index (χ1) is 18.3. The molecule has 0 aliphatic heterocycles. The van der Waals surface area contributed by atoms with E-state index in [0.29, 0.717) is 44.0 Å². The monoisotopic (exact) mass is 674 g/mol. The Bertz CT molecular complexity index is 981. The Morgan fingerprint density at radius 1 is 1.21 bits per heavy atom.